The van der Waals surface area contributed by atoms with Gasteiger partial charge in [-0.25, -0.2) is 4.98 Å². The highest BCUT2D eigenvalue weighted by Gasteiger charge is 2.30. The summed E-state index contributed by atoms with van der Waals surface area (Å²) in [7, 11) is 0. The molecule has 2 aromatic rings. The summed E-state index contributed by atoms with van der Waals surface area (Å²) in [5, 5.41) is 6.79. The van der Waals surface area contributed by atoms with Gasteiger partial charge in [-0.2, -0.15) is 0 Å². The molecule has 1 aromatic carbocycles. The van der Waals surface area contributed by atoms with Gasteiger partial charge >= 0.3 is 0 Å². The van der Waals surface area contributed by atoms with E-state index in [1.807, 2.05) is 48.7 Å². The van der Waals surface area contributed by atoms with Crippen LogP contribution in [-0.4, -0.2) is 57.7 Å². The van der Waals surface area contributed by atoms with Gasteiger partial charge in [-0.1, -0.05) is 54.2 Å². The molecule has 1 unspecified atom stereocenters. The van der Waals surface area contributed by atoms with E-state index in [4.69, 9.17) is 0 Å². The molecule has 0 bridgehead atoms. The number of rotatable bonds is 7. The molecule has 7 nitrogen and oxygen atoms in total. The second kappa shape index (κ2) is 9.28. The number of nitrogens with zero attached hydrogens (tertiary/aromatic N) is 3. The standard InChI is InChI=1S/C21H25N5O2S/c27-19(23-14-17-15-26-11-12-29-21(26)24-17)13-18-20(28)22-8-10-25(18)9-4-7-16-5-2-1-3-6-16/h1-7,15,18H,8-14H2,(H,22,28)(H,23,27). The first-order valence-electron chi connectivity index (χ1n) is 9.88. The van der Waals surface area contributed by atoms with Gasteiger partial charge in [0.1, 0.15) is 0 Å². The van der Waals surface area contributed by atoms with Gasteiger partial charge in [-0.05, 0) is 5.56 Å². The number of hydrogen-bond donors (Lipinski definition) is 2. The lowest BCUT2D eigenvalue weighted by Gasteiger charge is -2.33. The van der Waals surface area contributed by atoms with Crippen molar-refractivity contribution in [2.45, 2.75) is 30.7 Å². The predicted octanol–water partition coefficient (Wildman–Crippen LogP) is 1.51. The molecule has 4 rings (SSSR count). The van der Waals surface area contributed by atoms with Crippen molar-refractivity contribution in [2.75, 3.05) is 25.4 Å². The molecule has 3 heterocycles. The summed E-state index contributed by atoms with van der Waals surface area (Å²) in [4.78, 5) is 31.4. The number of carbonyl (C=O) groups excluding carboxylic acids is 2. The molecule has 1 atom stereocenters. The van der Waals surface area contributed by atoms with Gasteiger partial charge in [0, 0.05) is 38.1 Å². The lowest BCUT2D eigenvalue weighted by atomic mass is 10.1. The summed E-state index contributed by atoms with van der Waals surface area (Å²) in [5.41, 5.74) is 1.98. The first-order chi connectivity index (χ1) is 14.2. The van der Waals surface area contributed by atoms with Crippen molar-refractivity contribution < 1.29 is 9.59 Å². The Labute approximate surface area is 174 Å². The molecule has 1 aromatic heterocycles. The van der Waals surface area contributed by atoms with Crippen molar-refractivity contribution in [1.29, 1.82) is 0 Å². The van der Waals surface area contributed by atoms with Crippen LogP contribution in [0.1, 0.15) is 17.7 Å². The molecule has 8 heteroatoms. The third-order valence-electron chi connectivity index (χ3n) is 5.09. The number of piperazine rings is 1. The lowest BCUT2D eigenvalue weighted by Crippen LogP contribution is -2.56. The topological polar surface area (TPSA) is 79.3 Å². The van der Waals surface area contributed by atoms with E-state index >= 15 is 0 Å². The number of aromatic nitrogens is 2. The molecule has 1 fully saturated rings. The van der Waals surface area contributed by atoms with Gasteiger partial charge in [0.2, 0.25) is 11.8 Å². The molecule has 0 saturated carbocycles. The highest BCUT2D eigenvalue weighted by Crippen LogP contribution is 2.24. The Bertz CT molecular complexity index is 874. The van der Waals surface area contributed by atoms with Crippen LogP contribution >= 0.6 is 11.8 Å². The first-order valence-corrected chi connectivity index (χ1v) is 10.9. The molecule has 0 aliphatic carbocycles. The van der Waals surface area contributed by atoms with Crippen LogP contribution in [0.15, 0.2) is 47.8 Å². The third-order valence-corrected chi connectivity index (χ3v) is 6.06. The maximum atomic E-state index is 12.5. The maximum absolute atomic E-state index is 12.5. The van der Waals surface area contributed by atoms with Crippen molar-refractivity contribution in [3.63, 3.8) is 0 Å². The zero-order valence-electron chi connectivity index (χ0n) is 16.2. The van der Waals surface area contributed by atoms with Gasteiger partial charge in [0.15, 0.2) is 5.16 Å². The Hall–Kier alpha value is -2.58. The summed E-state index contributed by atoms with van der Waals surface area (Å²) < 4.78 is 2.11. The second-order valence-corrected chi connectivity index (χ2v) is 8.21. The molecule has 152 valence electrons. The Morgan fingerprint density at radius 2 is 2.17 bits per heavy atom. The minimum atomic E-state index is -0.452. The van der Waals surface area contributed by atoms with E-state index in [1.54, 1.807) is 11.8 Å². The zero-order chi connectivity index (χ0) is 20.1. The summed E-state index contributed by atoms with van der Waals surface area (Å²) >= 11 is 1.73. The average Bonchev–Trinajstić information content (AvgIpc) is 3.31. The molecular weight excluding hydrogens is 386 g/mol. The smallest absolute Gasteiger partial charge is 0.237 e. The largest absolute Gasteiger partial charge is 0.353 e. The summed E-state index contributed by atoms with van der Waals surface area (Å²) in [6.45, 7) is 3.32. The Morgan fingerprint density at radius 3 is 3.00 bits per heavy atom. The number of fused-ring (bicyclic) bond motifs is 1. The molecule has 2 N–H and O–H groups in total. The Morgan fingerprint density at radius 1 is 1.31 bits per heavy atom. The van der Waals surface area contributed by atoms with Crippen LogP contribution in [0.4, 0.5) is 0 Å². The van der Waals surface area contributed by atoms with E-state index in [1.165, 1.54) is 0 Å². The fourth-order valence-electron chi connectivity index (χ4n) is 3.57. The summed E-state index contributed by atoms with van der Waals surface area (Å²) in [6.07, 6.45) is 6.22. The summed E-state index contributed by atoms with van der Waals surface area (Å²) in [6, 6.07) is 9.59. The third kappa shape index (κ3) is 5.07. The summed E-state index contributed by atoms with van der Waals surface area (Å²) in [5.74, 6) is 0.835. The molecule has 29 heavy (non-hydrogen) atoms. The number of nitrogens with one attached hydrogen (secondary N) is 2. The molecule has 0 radical (unpaired) electrons. The van der Waals surface area contributed by atoms with Crippen molar-refractivity contribution in [3.05, 3.63) is 53.9 Å². The van der Waals surface area contributed by atoms with Gasteiger partial charge in [0.05, 0.1) is 24.7 Å². The van der Waals surface area contributed by atoms with E-state index in [-0.39, 0.29) is 18.2 Å². The van der Waals surface area contributed by atoms with Crippen molar-refractivity contribution in [3.8, 4) is 0 Å². The minimum Gasteiger partial charge on any atom is -0.353 e. The number of thioether (sulfide) groups is 1. The van der Waals surface area contributed by atoms with Gasteiger partial charge in [-0.3, -0.25) is 14.5 Å². The van der Waals surface area contributed by atoms with Crippen molar-refractivity contribution in [2.24, 2.45) is 0 Å². The normalized spacial score (nSPS) is 19.3. The van der Waals surface area contributed by atoms with Crippen LogP contribution in [-0.2, 0) is 22.7 Å². The Kier molecular flexibility index (Phi) is 6.31. The van der Waals surface area contributed by atoms with Crippen LogP contribution < -0.4 is 10.6 Å². The Balaban J connectivity index is 1.30. The van der Waals surface area contributed by atoms with Crippen LogP contribution in [0.25, 0.3) is 6.08 Å². The molecule has 2 aliphatic heterocycles. The number of carbonyl (C=O) groups is 2. The van der Waals surface area contributed by atoms with Gasteiger partial charge < -0.3 is 15.2 Å². The number of hydrogen-bond acceptors (Lipinski definition) is 5. The number of imidazole rings is 1. The molecular formula is C21H25N5O2S. The SMILES string of the molecule is O=C(CC1C(=O)NCCN1CC=Cc1ccccc1)NCc1cn2c(n1)SCC2. The van der Waals surface area contributed by atoms with E-state index in [0.29, 0.717) is 19.6 Å². The molecule has 2 aliphatic rings. The molecule has 0 spiro atoms. The maximum Gasteiger partial charge on any atom is 0.237 e. The fraction of sp³-hybridized carbons (Fsp3) is 0.381. The number of aryl methyl sites for hydroxylation is 1. The van der Waals surface area contributed by atoms with E-state index in [2.05, 4.69) is 25.1 Å². The average molecular weight is 412 g/mol. The van der Waals surface area contributed by atoms with Crippen LogP contribution in [0, 0.1) is 0 Å². The van der Waals surface area contributed by atoms with E-state index in [0.717, 1.165) is 35.3 Å². The first kappa shape index (κ1) is 19.7. The minimum absolute atomic E-state index is 0.0862. The van der Waals surface area contributed by atoms with Crippen LogP contribution in [0.3, 0.4) is 0 Å². The molecule has 2 amide bonds. The molecule has 1 saturated heterocycles. The number of amides is 2. The highest BCUT2D eigenvalue weighted by atomic mass is 32.2. The van der Waals surface area contributed by atoms with Gasteiger partial charge in [-0.15, -0.1) is 0 Å². The zero-order valence-corrected chi connectivity index (χ0v) is 17.0. The second-order valence-electron chi connectivity index (χ2n) is 7.15. The lowest BCUT2D eigenvalue weighted by molar-refractivity contribution is -0.133. The quantitative estimate of drug-likeness (QED) is 0.722. The van der Waals surface area contributed by atoms with E-state index in [9.17, 15) is 9.59 Å². The van der Waals surface area contributed by atoms with Crippen molar-refractivity contribution >= 4 is 29.7 Å². The monoisotopic (exact) mass is 411 g/mol. The number of benzene rings is 1. The van der Waals surface area contributed by atoms with Crippen LogP contribution in [0.5, 0.6) is 0 Å². The fourth-order valence-corrected chi connectivity index (χ4v) is 4.54. The van der Waals surface area contributed by atoms with E-state index < -0.39 is 6.04 Å². The van der Waals surface area contributed by atoms with Crippen LogP contribution in [0.2, 0.25) is 0 Å². The highest BCUT2D eigenvalue weighted by molar-refractivity contribution is 7.99. The predicted molar refractivity (Wildman–Crippen MR) is 113 cm³/mol. The van der Waals surface area contributed by atoms with Crippen molar-refractivity contribution in [1.82, 2.24) is 25.1 Å². The van der Waals surface area contributed by atoms with Gasteiger partial charge in [0.25, 0.3) is 0 Å².